The van der Waals surface area contributed by atoms with Crippen LogP contribution in [0.2, 0.25) is 0 Å². The van der Waals surface area contributed by atoms with Crippen LogP contribution in [0.1, 0.15) is 29.2 Å². The van der Waals surface area contributed by atoms with Gasteiger partial charge in [0, 0.05) is 20.7 Å². The van der Waals surface area contributed by atoms with Crippen molar-refractivity contribution in [2.45, 2.75) is 20.5 Å². The number of anilines is 1. The van der Waals surface area contributed by atoms with Gasteiger partial charge >= 0.3 is 0 Å². The average molecular weight is 242 g/mol. The van der Waals surface area contributed by atoms with Gasteiger partial charge in [0.1, 0.15) is 0 Å². The minimum absolute atomic E-state index is 0.389. The summed E-state index contributed by atoms with van der Waals surface area (Å²) in [5.74, 6) is 0.569. The first-order valence-electron chi connectivity index (χ1n) is 5.23. The molecule has 0 saturated carbocycles. The highest BCUT2D eigenvalue weighted by Crippen LogP contribution is 2.25. The molecule has 0 fully saturated rings. The van der Waals surface area contributed by atoms with E-state index in [1.54, 1.807) is 7.11 Å². The topological polar surface area (TPSA) is 42.4 Å². The average Bonchev–Trinajstić information content (AvgIpc) is 2.61. The molecule has 0 amide bonds. The fourth-order valence-electron chi connectivity index (χ4n) is 1.47. The molecule has 1 rings (SSSR count). The van der Waals surface area contributed by atoms with Crippen molar-refractivity contribution < 1.29 is 9.53 Å². The van der Waals surface area contributed by atoms with Gasteiger partial charge in [0.05, 0.1) is 17.2 Å². The Hall–Kier alpha value is -0.940. The summed E-state index contributed by atoms with van der Waals surface area (Å²) in [4.78, 5) is 18.0. The van der Waals surface area contributed by atoms with Crippen molar-refractivity contribution in [3.63, 3.8) is 0 Å². The summed E-state index contributed by atoms with van der Waals surface area (Å²) in [6, 6.07) is 0. The van der Waals surface area contributed by atoms with Crippen LogP contribution in [-0.2, 0) is 11.3 Å². The zero-order chi connectivity index (χ0) is 12.1. The van der Waals surface area contributed by atoms with Gasteiger partial charge in [-0.1, -0.05) is 25.2 Å². The molecule has 4 nitrogen and oxygen atoms in total. The van der Waals surface area contributed by atoms with E-state index in [-0.39, 0.29) is 0 Å². The van der Waals surface area contributed by atoms with Crippen molar-refractivity contribution in [1.29, 1.82) is 0 Å². The zero-order valence-corrected chi connectivity index (χ0v) is 11.0. The van der Waals surface area contributed by atoms with Crippen molar-refractivity contribution in [3.8, 4) is 0 Å². The summed E-state index contributed by atoms with van der Waals surface area (Å²) in [6.07, 6.45) is 0.846. The lowest BCUT2D eigenvalue weighted by molar-refractivity contribution is 0.112. The molecular formula is C11H18N2O2S. The molecule has 0 saturated heterocycles. The van der Waals surface area contributed by atoms with Crippen molar-refractivity contribution in [1.82, 2.24) is 4.98 Å². The van der Waals surface area contributed by atoms with E-state index in [1.165, 1.54) is 11.3 Å². The number of aromatic nitrogens is 1. The van der Waals surface area contributed by atoms with E-state index in [9.17, 15) is 4.79 Å². The number of nitrogens with zero attached hydrogens (tertiary/aromatic N) is 2. The Bertz CT molecular complexity index is 350. The fraction of sp³-hybridized carbons (Fsp3) is 0.636. The van der Waals surface area contributed by atoms with Crippen molar-refractivity contribution in [2.75, 3.05) is 25.6 Å². The minimum Gasteiger partial charge on any atom is -0.378 e. The quantitative estimate of drug-likeness (QED) is 0.717. The van der Waals surface area contributed by atoms with E-state index in [4.69, 9.17) is 4.74 Å². The van der Waals surface area contributed by atoms with E-state index >= 15 is 0 Å². The summed E-state index contributed by atoms with van der Waals surface area (Å²) < 4.78 is 5.01. The van der Waals surface area contributed by atoms with Crippen molar-refractivity contribution in [3.05, 3.63) is 10.6 Å². The molecule has 1 heterocycles. The normalized spacial score (nSPS) is 10.8. The third-order valence-electron chi connectivity index (χ3n) is 2.07. The number of hydrogen-bond donors (Lipinski definition) is 0. The van der Waals surface area contributed by atoms with Crippen LogP contribution in [0, 0.1) is 5.92 Å². The Labute approximate surface area is 100 Å². The number of ether oxygens (including phenoxy) is 1. The van der Waals surface area contributed by atoms with Gasteiger partial charge in [0.25, 0.3) is 0 Å². The summed E-state index contributed by atoms with van der Waals surface area (Å²) in [5, 5.41) is 0.878. The van der Waals surface area contributed by atoms with E-state index < -0.39 is 0 Å². The second-order valence-electron chi connectivity index (χ2n) is 4.13. The molecule has 0 aliphatic carbocycles. The Balaban J connectivity index is 2.84. The predicted molar refractivity (Wildman–Crippen MR) is 66.3 cm³/mol. The van der Waals surface area contributed by atoms with Crippen LogP contribution < -0.4 is 4.90 Å². The first kappa shape index (κ1) is 13.1. The van der Waals surface area contributed by atoms with Crippen LogP contribution >= 0.6 is 11.3 Å². The van der Waals surface area contributed by atoms with Gasteiger partial charge in [-0.3, -0.25) is 4.79 Å². The molecule has 0 unspecified atom stereocenters. The summed E-state index contributed by atoms with van der Waals surface area (Å²) in [7, 11) is 3.59. The van der Waals surface area contributed by atoms with Crippen LogP contribution in [0.5, 0.6) is 0 Å². The molecule has 0 N–H and O–H groups in total. The maximum Gasteiger partial charge on any atom is 0.186 e. The SMILES string of the molecule is COCc1nc(N(C)CC(C)C)sc1C=O. The smallest absolute Gasteiger partial charge is 0.186 e. The first-order valence-corrected chi connectivity index (χ1v) is 6.05. The zero-order valence-electron chi connectivity index (χ0n) is 10.2. The van der Waals surface area contributed by atoms with Crippen LogP contribution in [0.25, 0.3) is 0 Å². The van der Waals surface area contributed by atoms with E-state index in [0.717, 1.165) is 23.7 Å². The molecule has 5 heteroatoms. The van der Waals surface area contributed by atoms with E-state index in [2.05, 4.69) is 23.7 Å². The lowest BCUT2D eigenvalue weighted by atomic mass is 10.2. The highest BCUT2D eigenvalue weighted by molar-refractivity contribution is 7.17. The second kappa shape index (κ2) is 5.96. The maximum absolute atomic E-state index is 10.9. The molecular weight excluding hydrogens is 224 g/mol. The van der Waals surface area contributed by atoms with Gasteiger partial charge in [-0.2, -0.15) is 0 Å². The Morgan fingerprint density at radius 1 is 1.56 bits per heavy atom. The molecule has 1 aromatic heterocycles. The lowest BCUT2D eigenvalue weighted by Crippen LogP contribution is -2.22. The summed E-state index contributed by atoms with van der Waals surface area (Å²) >= 11 is 1.42. The summed E-state index contributed by atoms with van der Waals surface area (Å²) in [5.41, 5.74) is 0.730. The monoisotopic (exact) mass is 242 g/mol. The molecule has 16 heavy (non-hydrogen) atoms. The number of hydrogen-bond acceptors (Lipinski definition) is 5. The van der Waals surface area contributed by atoms with Crippen LogP contribution in [0.3, 0.4) is 0 Å². The highest BCUT2D eigenvalue weighted by Gasteiger charge is 2.13. The van der Waals surface area contributed by atoms with Gasteiger partial charge in [-0.25, -0.2) is 4.98 Å². The molecule has 0 aromatic carbocycles. The van der Waals surface area contributed by atoms with Gasteiger partial charge in [-0.05, 0) is 5.92 Å². The Morgan fingerprint density at radius 2 is 2.25 bits per heavy atom. The van der Waals surface area contributed by atoms with E-state index in [1.807, 2.05) is 7.05 Å². The molecule has 0 bridgehead atoms. The molecule has 0 aliphatic heterocycles. The number of aldehydes is 1. The molecule has 0 atom stereocenters. The minimum atomic E-state index is 0.389. The van der Waals surface area contributed by atoms with Gasteiger partial charge in [0.2, 0.25) is 0 Å². The largest absolute Gasteiger partial charge is 0.378 e. The molecule has 1 aromatic rings. The number of methoxy groups -OCH3 is 1. The van der Waals surface area contributed by atoms with Crippen molar-refractivity contribution in [2.24, 2.45) is 5.92 Å². The van der Waals surface area contributed by atoms with Gasteiger partial charge in [-0.15, -0.1) is 0 Å². The first-order chi connectivity index (χ1) is 7.58. The standard InChI is InChI=1S/C11H18N2O2S/c1-8(2)5-13(3)11-12-9(7-15-4)10(6-14)16-11/h6,8H,5,7H2,1-4H3. The van der Waals surface area contributed by atoms with Crippen LogP contribution in [0.4, 0.5) is 5.13 Å². The van der Waals surface area contributed by atoms with Crippen LogP contribution in [0.15, 0.2) is 0 Å². The fourth-order valence-corrected chi connectivity index (χ4v) is 2.33. The number of thiazole rings is 1. The third kappa shape index (κ3) is 3.28. The second-order valence-corrected chi connectivity index (χ2v) is 5.14. The van der Waals surface area contributed by atoms with Gasteiger partial charge in [0.15, 0.2) is 11.4 Å². The molecule has 90 valence electrons. The number of rotatable bonds is 6. The molecule has 0 spiro atoms. The highest BCUT2D eigenvalue weighted by atomic mass is 32.1. The molecule has 0 aliphatic rings. The van der Waals surface area contributed by atoms with Crippen LogP contribution in [-0.4, -0.2) is 32.0 Å². The lowest BCUT2D eigenvalue weighted by Gasteiger charge is -2.17. The maximum atomic E-state index is 10.9. The van der Waals surface area contributed by atoms with E-state index in [0.29, 0.717) is 17.4 Å². The number of carbonyl (C=O) groups is 1. The predicted octanol–water partition coefficient (Wildman–Crippen LogP) is 2.19. The Kier molecular flexibility index (Phi) is 4.89. The molecule has 0 radical (unpaired) electrons. The third-order valence-corrected chi connectivity index (χ3v) is 3.21. The van der Waals surface area contributed by atoms with Crippen molar-refractivity contribution >= 4 is 22.8 Å². The van der Waals surface area contributed by atoms with Gasteiger partial charge < -0.3 is 9.64 Å². The summed E-state index contributed by atoms with van der Waals surface area (Å²) in [6.45, 7) is 5.62. The number of carbonyl (C=O) groups excluding carboxylic acids is 1. The Morgan fingerprint density at radius 3 is 2.75 bits per heavy atom.